The number of benzene rings is 1. The first kappa shape index (κ1) is 30.3. The van der Waals surface area contributed by atoms with Crippen molar-refractivity contribution in [2.75, 3.05) is 19.8 Å². The summed E-state index contributed by atoms with van der Waals surface area (Å²) in [5.41, 5.74) is 0.273. The van der Waals surface area contributed by atoms with Crippen molar-refractivity contribution in [3.8, 4) is 5.88 Å². The molecular formula is C30H40IN3O6. The number of carbonyl (C=O) groups excluding carboxylic acids is 3. The molecule has 0 spiro atoms. The van der Waals surface area contributed by atoms with Gasteiger partial charge >= 0.3 is 12.1 Å². The number of nitrogens with one attached hydrogen (secondary N) is 1. The van der Waals surface area contributed by atoms with Crippen LogP contribution in [0.5, 0.6) is 5.88 Å². The Bertz CT molecular complexity index is 1270. The highest BCUT2D eigenvalue weighted by Crippen LogP contribution is 2.33. The number of alkyl carbamates (subject to hydrolysis) is 1. The summed E-state index contributed by atoms with van der Waals surface area (Å²) in [5, 5.41) is 4.74. The van der Waals surface area contributed by atoms with E-state index in [2.05, 4.69) is 64.9 Å². The van der Waals surface area contributed by atoms with Gasteiger partial charge in [0.1, 0.15) is 18.2 Å². The molecule has 3 heterocycles. The van der Waals surface area contributed by atoms with E-state index in [4.69, 9.17) is 14.2 Å². The number of cyclic esters (lactones) is 1. The summed E-state index contributed by atoms with van der Waals surface area (Å²) in [6, 6.07) is 4.58. The van der Waals surface area contributed by atoms with Crippen molar-refractivity contribution in [2.24, 2.45) is 10.8 Å². The Hall–Kier alpha value is -2.63. The average molecular weight is 666 g/mol. The molecule has 0 aliphatic carbocycles. The number of aromatic nitrogens is 1. The van der Waals surface area contributed by atoms with Crippen LogP contribution in [0.4, 0.5) is 4.79 Å². The maximum absolute atomic E-state index is 14.0. The zero-order valence-electron chi connectivity index (χ0n) is 24.2. The van der Waals surface area contributed by atoms with Gasteiger partial charge in [0.25, 0.3) is 0 Å². The lowest BCUT2D eigenvalue weighted by atomic mass is 9.85. The van der Waals surface area contributed by atoms with Crippen molar-refractivity contribution in [1.82, 2.24) is 15.2 Å². The molecule has 218 valence electrons. The van der Waals surface area contributed by atoms with Gasteiger partial charge in [-0.1, -0.05) is 46.8 Å². The summed E-state index contributed by atoms with van der Waals surface area (Å²) in [5.74, 6) is -0.390. The first-order valence-corrected chi connectivity index (χ1v) is 15.0. The molecule has 1 N–H and O–H groups in total. The number of halogens is 1. The highest BCUT2D eigenvalue weighted by molar-refractivity contribution is 14.1. The Labute approximate surface area is 249 Å². The van der Waals surface area contributed by atoms with Crippen molar-refractivity contribution in [3.05, 3.63) is 33.5 Å². The lowest BCUT2D eigenvalue weighted by molar-refractivity contribution is -0.154. The van der Waals surface area contributed by atoms with Gasteiger partial charge in [-0.2, -0.15) is 0 Å². The molecule has 1 saturated heterocycles. The maximum Gasteiger partial charge on any atom is 0.407 e. The molecule has 0 saturated carbocycles. The van der Waals surface area contributed by atoms with E-state index in [9.17, 15) is 14.4 Å². The summed E-state index contributed by atoms with van der Waals surface area (Å²) >= 11 is 2.27. The number of carbonyl (C=O) groups is 3. The number of nitrogens with zero attached hydrogens (tertiary/aromatic N) is 2. The molecule has 0 radical (unpaired) electrons. The van der Waals surface area contributed by atoms with Crippen LogP contribution in [0.3, 0.4) is 0 Å². The van der Waals surface area contributed by atoms with Gasteiger partial charge in [-0.25, -0.2) is 14.6 Å². The van der Waals surface area contributed by atoms with Crippen molar-refractivity contribution in [3.63, 3.8) is 0 Å². The molecule has 40 heavy (non-hydrogen) atoms. The van der Waals surface area contributed by atoms with E-state index in [0.29, 0.717) is 5.88 Å². The Morgan fingerprint density at radius 3 is 2.70 bits per heavy atom. The van der Waals surface area contributed by atoms with Crippen LogP contribution in [-0.2, 0) is 25.5 Å². The van der Waals surface area contributed by atoms with Gasteiger partial charge in [0, 0.05) is 27.0 Å². The fourth-order valence-corrected chi connectivity index (χ4v) is 5.91. The Morgan fingerprint density at radius 1 is 1.25 bits per heavy atom. The summed E-state index contributed by atoms with van der Waals surface area (Å²) in [4.78, 5) is 46.0. The number of hydrogen-bond acceptors (Lipinski definition) is 7. The van der Waals surface area contributed by atoms with Gasteiger partial charge in [0.2, 0.25) is 11.8 Å². The van der Waals surface area contributed by atoms with Crippen LogP contribution >= 0.6 is 22.6 Å². The molecule has 2 aliphatic heterocycles. The normalized spacial score (nSPS) is 24.1. The third-order valence-corrected chi connectivity index (χ3v) is 8.40. The van der Waals surface area contributed by atoms with Gasteiger partial charge in [-0.15, -0.1) is 0 Å². The molecule has 4 bridgehead atoms. The second-order valence-electron chi connectivity index (χ2n) is 12.6. The number of hydrogen-bond donors (Lipinski definition) is 1. The number of rotatable bonds is 2. The molecule has 2 aliphatic rings. The largest absolute Gasteiger partial charge is 0.472 e. The molecule has 2 aromatic rings. The Morgan fingerprint density at radius 2 is 2.00 bits per heavy atom. The second-order valence-corrected chi connectivity index (χ2v) is 13.7. The van der Waals surface area contributed by atoms with Gasteiger partial charge < -0.3 is 24.4 Å². The van der Waals surface area contributed by atoms with Crippen LogP contribution in [0.1, 0.15) is 66.4 Å². The number of aryl methyl sites for hydroxylation is 1. The molecule has 9 nitrogen and oxygen atoms in total. The maximum atomic E-state index is 14.0. The number of ether oxygens (including phenoxy) is 3. The van der Waals surface area contributed by atoms with Crippen molar-refractivity contribution in [2.45, 2.75) is 85.4 Å². The number of esters is 1. The van der Waals surface area contributed by atoms with Crippen LogP contribution < -0.4 is 10.1 Å². The zero-order valence-corrected chi connectivity index (χ0v) is 26.4. The average Bonchev–Trinajstić information content (AvgIpc) is 3.30. The Kier molecular flexibility index (Phi) is 9.16. The van der Waals surface area contributed by atoms with E-state index in [1.807, 2.05) is 20.8 Å². The minimum absolute atomic E-state index is 0.160. The molecule has 10 heteroatoms. The smallest absolute Gasteiger partial charge is 0.407 e. The summed E-state index contributed by atoms with van der Waals surface area (Å²) in [6.07, 6.45) is 3.53. The highest BCUT2D eigenvalue weighted by Gasteiger charge is 2.46. The summed E-state index contributed by atoms with van der Waals surface area (Å²) in [6.45, 7) is 12.0. The van der Waals surface area contributed by atoms with E-state index in [-0.39, 0.29) is 37.5 Å². The summed E-state index contributed by atoms with van der Waals surface area (Å²) < 4.78 is 18.4. The van der Waals surface area contributed by atoms with Crippen LogP contribution in [0.25, 0.3) is 10.8 Å². The standard InChI is InChI=1S/C30H40IN3O6/c1-7-38-27(36)23-14-19-16-34(23)26(35)24(29(2,3)4)33-28(37)39-17-30(5,6)12-8-9-18-10-11-20-21(13-18)25(40-19)32-15-22(20)31/h10-11,13,15,19,23-24H,7-9,12,14,16-17H2,1-6H3,(H,33,37)/t19-,23-,24+/m0/s1. The first-order valence-electron chi connectivity index (χ1n) is 13.9. The second kappa shape index (κ2) is 12.1. The highest BCUT2D eigenvalue weighted by atomic mass is 127. The minimum atomic E-state index is -0.919. The number of amides is 2. The molecule has 4 rings (SSSR count). The van der Waals surface area contributed by atoms with E-state index in [1.54, 1.807) is 13.1 Å². The van der Waals surface area contributed by atoms with Gasteiger partial charge in [-0.3, -0.25) is 4.79 Å². The SMILES string of the molecule is CCOC(=O)[C@@H]1C[C@H]2CN1C(=O)[C@H](C(C)(C)C)NC(=O)OCC(C)(C)CCCc1ccc3c(I)cnc(c3c1)O2. The summed E-state index contributed by atoms with van der Waals surface area (Å²) in [7, 11) is 0. The van der Waals surface area contributed by atoms with E-state index in [1.165, 1.54) is 4.90 Å². The third kappa shape index (κ3) is 6.98. The van der Waals surface area contributed by atoms with Crippen LogP contribution in [-0.4, -0.2) is 65.8 Å². The zero-order chi connectivity index (χ0) is 29.2. The van der Waals surface area contributed by atoms with Gasteiger partial charge in [-0.05, 0) is 71.2 Å². The van der Waals surface area contributed by atoms with E-state index in [0.717, 1.165) is 39.2 Å². The molecule has 2 amide bonds. The predicted molar refractivity (Wildman–Crippen MR) is 160 cm³/mol. The van der Waals surface area contributed by atoms with E-state index >= 15 is 0 Å². The third-order valence-electron chi connectivity index (χ3n) is 7.54. The van der Waals surface area contributed by atoms with Crippen LogP contribution in [0, 0.1) is 14.4 Å². The number of fused-ring (bicyclic) bond motifs is 3. The molecular weight excluding hydrogens is 625 g/mol. The van der Waals surface area contributed by atoms with E-state index < -0.39 is 35.7 Å². The molecule has 1 aromatic carbocycles. The minimum Gasteiger partial charge on any atom is -0.472 e. The van der Waals surface area contributed by atoms with Crippen LogP contribution in [0.2, 0.25) is 0 Å². The number of pyridine rings is 1. The lowest BCUT2D eigenvalue weighted by Crippen LogP contribution is -2.57. The predicted octanol–water partition coefficient (Wildman–Crippen LogP) is 5.25. The molecule has 0 unspecified atom stereocenters. The van der Waals surface area contributed by atoms with Gasteiger partial charge in [0.05, 0.1) is 19.8 Å². The quantitative estimate of drug-likeness (QED) is 0.345. The lowest BCUT2D eigenvalue weighted by Gasteiger charge is -2.35. The molecule has 1 aromatic heterocycles. The monoisotopic (exact) mass is 665 g/mol. The van der Waals surface area contributed by atoms with Crippen molar-refractivity contribution in [1.29, 1.82) is 0 Å². The van der Waals surface area contributed by atoms with Crippen molar-refractivity contribution < 1.29 is 28.6 Å². The fraction of sp³-hybridized carbons (Fsp3) is 0.600. The van der Waals surface area contributed by atoms with Gasteiger partial charge in [0.15, 0.2) is 0 Å². The first-order chi connectivity index (χ1) is 18.8. The Balaban J connectivity index is 1.75. The van der Waals surface area contributed by atoms with Crippen LogP contribution in [0.15, 0.2) is 24.4 Å². The molecule has 3 atom stereocenters. The molecule has 1 fully saturated rings. The fourth-order valence-electron chi connectivity index (χ4n) is 5.30. The topological polar surface area (TPSA) is 107 Å². The van der Waals surface area contributed by atoms with Crippen molar-refractivity contribution >= 4 is 51.3 Å².